The number of fused-ring (bicyclic) bond motifs is 1. The molecule has 0 bridgehead atoms. The molecule has 2 aliphatic heterocycles. The van der Waals surface area contributed by atoms with Crippen molar-refractivity contribution < 1.29 is 0 Å². The summed E-state index contributed by atoms with van der Waals surface area (Å²) in [7, 11) is 0. The topological polar surface area (TPSA) is 56.7 Å². The Morgan fingerprint density at radius 3 is 2.93 bits per heavy atom. The van der Waals surface area contributed by atoms with Crippen molar-refractivity contribution in [2.45, 2.75) is 19.4 Å². The fourth-order valence-electron chi connectivity index (χ4n) is 1.46. The molecular weight excluding hydrogens is 176 g/mol. The summed E-state index contributed by atoms with van der Waals surface area (Å²) in [4.78, 5) is 8.26. The summed E-state index contributed by atoms with van der Waals surface area (Å²) < 4.78 is 2.13. The molecule has 2 heterocycles. The Labute approximate surface area is 83.1 Å². The van der Waals surface area contributed by atoms with Gasteiger partial charge >= 0.3 is 0 Å². The summed E-state index contributed by atoms with van der Waals surface area (Å²) in [5.41, 5.74) is 7.35. The minimum Gasteiger partial charge on any atom is -0.352 e. The molecule has 0 unspecified atom stereocenters. The molecular formula is C10H14N4. The van der Waals surface area contributed by atoms with E-state index in [9.17, 15) is 0 Å². The maximum Gasteiger partial charge on any atom is 0.116 e. The first kappa shape index (κ1) is 9.15. The van der Waals surface area contributed by atoms with Crippen LogP contribution in [0.4, 0.5) is 0 Å². The van der Waals surface area contributed by atoms with Crippen molar-refractivity contribution >= 4 is 0 Å². The Balaban J connectivity index is 2.07. The van der Waals surface area contributed by atoms with Gasteiger partial charge < -0.3 is 10.3 Å². The van der Waals surface area contributed by atoms with Crippen molar-refractivity contribution in [3.8, 4) is 11.4 Å². The summed E-state index contributed by atoms with van der Waals surface area (Å²) in [6.07, 6.45) is 7.83. The van der Waals surface area contributed by atoms with Gasteiger partial charge in [0, 0.05) is 18.9 Å². The molecule has 4 nitrogen and oxygen atoms in total. The van der Waals surface area contributed by atoms with Crippen LogP contribution in [0.3, 0.4) is 0 Å². The third-order valence-corrected chi connectivity index (χ3v) is 2.24. The maximum absolute atomic E-state index is 5.44. The van der Waals surface area contributed by atoms with Crippen LogP contribution in [0.2, 0.25) is 0 Å². The molecule has 0 saturated heterocycles. The summed E-state index contributed by atoms with van der Waals surface area (Å²) in [6.45, 7) is 1.76. The Hall–Kier alpha value is -1.42. The molecule has 4 heteroatoms. The van der Waals surface area contributed by atoms with Crippen LogP contribution in [0.25, 0.3) is 11.4 Å². The highest BCUT2D eigenvalue weighted by molar-refractivity contribution is 5.53. The van der Waals surface area contributed by atoms with Gasteiger partial charge in [0.05, 0.1) is 5.69 Å². The number of nitrogens with zero attached hydrogens (tertiary/aromatic N) is 3. The average Bonchev–Trinajstić information content (AvgIpc) is 2.65. The number of imidazole rings is 1. The van der Waals surface area contributed by atoms with Crippen molar-refractivity contribution in [3.05, 3.63) is 24.8 Å². The van der Waals surface area contributed by atoms with Gasteiger partial charge in [-0.3, -0.25) is 0 Å². The van der Waals surface area contributed by atoms with Crippen molar-refractivity contribution in [3.63, 3.8) is 0 Å². The lowest BCUT2D eigenvalue weighted by atomic mass is 10.3. The molecule has 0 aromatic carbocycles. The Morgan fingerprint density at radius 2 is 2.07 bits per heavy atom. The van der Waals surface area contributed by atoms with Crippen LogP contribution in [0.15, 0.2) is 24.8 Å². The van der Waals surface area contributed by atoms with Crippen molar-refractivity contribution in [1.29, 1.82) is 0 Å². The van der Waals surface area contributed by atoms with E-state index < -0.39 is 0 Å². The fraction of sp³-hybridized carbons (Fsp3) is 0.400. The van der Waals surface area contributed by atoms with Gasteiger partial charge in [0.25, 0.3) is 0 Å². The van der Waals surface area contributed by atoms with Gasteiger partial charge in [-0.1, -0.05) is 0 Å². The SMILES string of the molecule is NCCCCn1ccc2ncnc-2c1. The molecule has 0 saturated carbocycles. The Bertz CT molecular complexity index is 368. The van der Waals surface area contributed by atoms with Crippen molar-refractivity contribution in [2.24, 2.45) is 5.73 Å². The second kappa shape index (κ2) is 4.19. The minimum atomic E-state index is 0.763. The minimum absolute atomic E-state index is 0.763. The van der Waals surface area contributed by atoms with E-state index >= 15 is 0 Å². The fourth-order valence-corrected chi connectivity index (χ4v) is 1.46. The molecule has 0 spiro atoms. The van der Waals surface area contributed by atoms with Gasteiger partial charge in [0.1, 0.15) is 12.0 Å². The Kier molecular flexibility index (Phi) is 2.74. The normalized spacial score (nSPS) is 10.9. The highest BCUT2D eigenvalue weighted by Crippen LogP contribution is 2.15. The van der Waals surface area contributed by atoms with Gasteiger partial charge in [-0.25, -0.2) is 9.97 Å². The summed E-state index contributed by atoms with van der Waals surface area (Å²) in [5.74, 6) is 0. The van der Waals surface area contributed by atoms with Gasteiger partial charge in [-0.05, 0) is 25.5 Å². The van der Waals surface area contributed by atoms with E-state index in [-0.39, 0.29) is 0 Å². The number of unbranched alkanes of at least 4 members (excludes halogenated alkanes) is 1. The van der Waals surface area contributed by atoms with E-state index in [1.54, 1.807) is 6.33 Å². The highest BCUT2D eigenvalue weighted by atomic mass is 15.0. The standard InChI is InChI=1S/C10H14N4/c11-4-1-2-5-14-6-3-9-10(7-14)13-8-12-9/h3,6-8H,1-2,4-5,11H2. The molecule has 0 amide bonds. The molecule has 14 heavy (non-hydrogen) atoms. The van der Waals surface area contributed by atoms with Crippen LogP contribution in [0.1, 0.15) is 12.8 Å². The molecule has 2 rings (SSSR count). The second-order valence-electron chi connectivity index (χ2n) is 3.32. The first-order valence-corrected chi connectivity index (χ1v) is 4.87. The quantitative estimate of drug-likeness (QED) is 0.735. The van der Waals surface area contributed by atoms with E-state index in [1.807, 2.05) is 18.5 Å². The van der Waals surface area contributed by atoms with Crippen LogP contribution >= 0.6 is 0 Å². The number of aromatic nitrogens is 3. The summed E-state index contributed by atoms with van der Waals surface area (Å²) in [6, 6.07) is 1.99. The zero-order valence-corrected chi connectivity index (χ0v) is 8.06. The second-order valence-corrected chi connectivity index (χ2v) is 3.32. The number of pyridine rings is 1. The van der Waals surface area contributed by atoms with Crippen LogP contribution in [-0.4, -0.2) is 21.1 Å². The van der Waals surface area contributed by atoms with Crippen molar-refractivity contribution in [1.82, 2.24) is 14.5 Å². The van der Waals surface area contributed by atoms with Gasteiger partial charge in [-0.15, -0.1) is 0 Å². The number of aryl methyl sites for hydroxylation is 1. The van der Waals surface area contributed by atoms with E-state index in [0.29, 0.717) is 0 Å². The predicted molar refractivity (Wildman–Crippen MR) is 54.9 cm³/mol. The zero-order chi connectivity index (χ0) is 9.80. The van der Waals surface area contributed by atoms with E-state index in [2.05, 4.69) is 14.5 Å². The monoisotopic (exact) mass is 190 g/mol. The molecule has 2 aliphatic rings. The van der Waals surface area contributed by atoms with Gasteiger partial charge in [0.2, 0.25) is 0 Å². The first-order valence-electron chi connectivity index (χ1n) is 4.87. The highest BCUT2D eigenvalue weighted by Gasteiger charge is 2.03. The van der Waals surface area contributed by atoms with Gasteiger partial charge in [-0.2, -0.15) is 0 Å². The third-order valence-electron chi connectivity index (χ3n) is 2.24. The maximum atomic E-state index is 5.44. The molecule has 0 aromatic rings. The molecule has 0 aromatic heterocycles. The van der Waals surface area contributed by atoms with Crippen LogP contribution in [0.5, 0.6) is 0 Å². The van der Waals surface area contributed by atoms with Crippen LogP contribution in [-0.2, 0) is 6.54 Å². The first-order chi connectivity index (χ1) is 6.90. The molecule has 74 valence electrons. The lowest BCUT2D eigenvalue weighted by Crippen LogP contribution is -2.03. The van der Waals surface area contributed by atoms with E-state index in [4.69, 9.17) is 5.73 Å². The zero-order valence-electron chi connectivity index (χ0n) is 8.06. The van der Waals surface area contributed by atoms with Crippen molar-refractivity contribution in [2.75, 3.05) is 6.54 Å². The lowest BCUT2D eigenvalue weighted by Gasteiger charge is -2.06. The predicted octanol–water partition coefficient (Wildman–Crippen LogP) is 1.12. The largest absolute Gasteiger partial charge is 0.352 e. The number of hydrogen-bond acceptors (Lipinski definition) is 3. The summed E-state index contributed by atoms with van der Waals surface area (Å²) >= 11 is 0. The van der Waals surface area contributed by atoms with Gasteiger partial charge in [0.15, 0.2) is 0 Å². The molecule has 2 N–H and O–H groups in total. The molecule has 0 radical (unpaired) electrons. The van der Waals surface area contributed by atoms with Crippen LogP contribution < -0.4 is 5.73 Å². The average molecular weight is 190 g/mol. The number of hydrogen-bond donors (Lipinski definition) is 1. The molecule has 0 fully saturated rings. The molecule has 0 atom stereocenters. The van der Waals surface area contributed by atoms with Crippen LogP contribution in [0, 0.1) is 0 Å². The smallest absolute Gasteiger partial charge is 0.116 e. The Morgan fingerprint density at radius 1 is 1.21 bits per heavy atom. The third kappa shape index (κ3) is 1.90. The number of nitrogens with two attached hydrogens (primary N) is 1. The molecule has 0 aliphatic carbocycles. The summed E-state index contributed by atoms with van der Waals surface area (Å²) in [5, 5.41) is 0. The number of rotatable bonds is 4. The van der Waals surface area contributed by atoms with E-state index in [0.717, 1.165) is 37.3 Å². The lowest BCUT2D eigenvalue weighted by molar-refractivity contribution is 0.612. The van der Waals surface area contributed by atoms with E-state index in [1.165, 1.54) is 0 Å².